The summed E-state index contributed by atoms with van der Waals surface area (Å²) in [5, 5.41) is 3.14. The van der Waals surface area contributed by atoms with E-state index < -0.39 is 0 Å². The van der Waals surface area contributed by atoms with Crippen molar-refractivity contribution in [1.82, 2.24) is 5.32 Å². The Balaban J connectivity index is 3.20. The minimum Gasteiger partial charge on any atom is -0.314 e. The van der Waals surface area contributed by atoms with Gasteiger partial charge in [0.05, 0.1) is 0 Å². The van der Waals surface area contributed by atoms with Gasteiger partial charge in [-0.25, -0.2) is 0 Å². The standard InChI is InChI=1S/C8H17N/c1-4-5-6-7-8(2)9-3/h6-9H,4-5H2,1-3H3. The van der Waals surface area contributed by atoms with Crippen molar-refractivity contribution in [2.45, 2.75) is 32.7 Å². The summed E-state index contributed by atoms with van der Waals surface area (Å²) in [5.41, 5.74) is 0. The van der Waals surface area contributed by atoms with Crippen molar-refractivity contribution in [3.8, 4) is 0 Å². The Bertz CT molecular complexity index is 76.6. The van der Waals surface area contributed by atoms with Gasteiger partial charge in [0.1, 0.15) is 0 Å². The van der Waals surface area contributed by atoms with Crippen LogP contribution in [0.25, 0.3) is 0 Å². The Morgan fingerprint density at radius 2 is 2.22 bits per heavy atom. The summed E-state index contributed by atoms with van der Waals surface area (Å²) < 4.78 is 0. The van der Waals surface area contributed by atoms with Gasteiger partial charge in [-0.2, -0.15) is 0 Å². The highest BCUT2D eigenvalue weighted by atomic mass is 14.8. The summed E-state index contributed by atoms with van der Waals surface area (Å²) in [5.74, 6) is 0. The fourth-order valence-corrected chi connectivity index (χ4v) is 0.563. The molecule has 1 nitrogen and oxygen atoms in total. The summed E-state index contributed by atoms with van der Waals surface area (Å²) >= 11 is 0. The highest BCUT2D eigenvalue weighted by molar-refractivity contribution is 4.89. The van der Waals surface area contributed by atoms with E-state index in [1.807, 2.05) is 7.05 Å². The Morgan fingerprint density at radius 3 is 2.67 bits per heavy atom. The van der Waals surface area contributed by atoms with Gasteiger partial charge in [-0.3, -0.25) is 0 Å². The second-order valence-corrected chi connectivity index (χ2v) is 2.29. The van der Waals surface area contributed by atoms with E-state index >= 15 is 0 Å². The molecular formula is C8H17N. The fraction of sp³-hybridized carbons (Fsp3) is 0.750. The van der Waals surface area contributed by atoms with Crippen molar-refractivity contribution < 1.29 is 0 Å². The van der Waals surface area contributed by atoms with E-state index in [0.29, 0.717) is 6.04 Å². The van der Waals surface area contributed by atoms with Crippen LogP contribution in [-0.4, -0.2) is 13.1 Å². The Labute approximate surface area is 58.2 Å². The average molecular weight is 127 g/mol. The zero-order valence-corrected chi connectivity index (χ0v) is 6.65. The Kier molecular flexibility index (Phi) is 5.64. The van der Waals surface area contributed by atoms with Crippen molar-refractivity contribution >= 4 is 0 Å². The first-order chi connectivity index (χ1) is 4.31. The maximum Gasteiger partial charge on any atom is 0.0218 e. The third kappa shape index (κ3) is 5.57. The first-order valence-corrected chi connectivity index (χ1v) is 3.65. The molecule has 0 aliphatic heterocycles. The van der Waals surface area contributed by atoms with Crippen LogP contribution in [0.1, 0.15) is 26.7 Å². The van der Waals surface area contributed by atoms with Gasteiger partial charge in [0.2, 0.25) is 0 Å². The molecule has 0 amide bonds. The molecule has 0 aromatic heterocycles. The molecule has 0 rings (SSSR count). The molecule has 0 aromatic rings. The molecule has 0 spiro atoms. The molecular weight excluding hydrogens is 110 g/mol. The van der Waals surface area contributed by atoms with Crippen LogP contribution < -0.4 is 5.32 Å². The van der Waals surface area contributed by atoms with Crippen LogP contribution >= 0.6 is 0 Å². The van der Waals surface area contributed by atoms with Gasteiger partial charge in [0.25, 0.3) is 0 Å². The van der Waals surface area contributed by atoms with E-state index in [2.05, 4.69) is 31.3 Å². The summed E-state index contributed by atoms with van der Waals surface area (Å²) in [4.78, 5) is 0. The lowest BCUT2D eigenvalue weighted by molar-refractivity contribution is 0.725. The second kappa shape index (κ2) is 5.83. The molecule has 1 unspecified atom stereocenters. The highest BCUT2D eigenvalue weighted by Crippen LogP contribution is 1.90. The van der Waals surface area contributed by atoms with E-state index in [9.17, 15) is 0 Å². The van der Waals surface area contributed by atoms with Gasteiger partial charge in [-0.15, -0.1) is 0 Å². The lowest BCUT2D eigenvalue weighted by Crippen LogP contribution is -2.17. The molecule has 1 heteroatoms. The SMILES string of the molecule is CCCC=CC(C)NC. The highest BCUT2D eigenvalue weighted by Gasteiger charge is 1.85. The Hall–Kier alpha value is -0.300. The van der Waals surface area contributed by atoms with Crippen molar-refractivity contribution in [2.24, 2.45) is 0 Å². The van der Waals surface area contributed by atoms with Gasteiger partial charge < -0.3 is 5.32 Å². The van der Waals surface area contributed by atoms with Crippen LogP contribution in [0.5, 0.6) is 0 Å². The van der Waals surface area contributed by atoms with Crippen molar-refractivity contribution in [3.63, 3.8) is 0 Å². The fourth-order valence-electron chi connectivity index (χ4n) is 0.563. The zero-order valence-electron chi connectivity index (χ0n) is 6.65. The van der Waals surface area contributed by atoms with Crippen LogP contribution in [0.3, 0.4) is 0 Å². The molecule has 0 fully saturated rings. The molecule has 0 saturated heterocycles. The molecule has 54 valence electrons. The van der Waals surface area contributed by atoms with Gasteiger partial charge in [0, 0.05) is 6.04 Å². The molecule has 0 aliphatic carbocycles. The molecule has 0 radical (unpaired) electrons. The van der Waals surface area contributed by atoms with E-state index in [-0.39, 0.29) is 0 Å². The van der Waals surface area contributed by atoms with E-state index in [4.69, 9.17) is 0 Å². The number of nitrogens with one attached hydrogen (secondary N) is 1. The zero-order chi connectivity index (χ0) is 7.11. The van der Waals surface area contributed by atoms with E-state index in [0.717, 1.165) is 0 Å². The van der Waals surface area contributed by atoms with Crippen LogP contribution in [0.15, 0.2) is 12.2 Å². The van der Waals surface area contributed by atoms with Crippen molar-refractivity contribution in [3.05, 3.63) is 12.2 Å². The van der Waals surface area contributed by atoms with Gasteiger partial charge in [-0.05, 0) is 20.4 Å². The summed E-state index contributed by atoms with van der Waals surface area (Å²) in [6.07, 6.45) is 6.86. The second-order valence-electron chi connectivity index (χ2n) is 2.29. The molecule has 1 N–H and O–H groups in total. The molecule has 1 atom stereocenters. The Morgan fingerprint density at radius 1 is 1.56 bits per heavy atom. The van der Waals surface area contributed by atoms with Crippen LogP contribution in [-0.2, 0) is 0 Å². The molecule has 0 heterocycles. The van der Waals surface area contributed by atoms with Crippen molar-refractivity contribution in [1.29, 1.82) is 0 Å². The average Bonchev–Trinajstić information content (AvgIpc) is 1.89. The predicted molar refractivity (Wildman–Crippen MR) is 42.6 cm³/mol. The first kappa shape index (κ1) is 8.70. The normalized spacial score (nSPS) is 14.6. The smallest absolute Gasteiger partial charge is 0.0218 e. The third-order valence-corrected chi connectivity index (χ3v) is 1.34. The third-order valence-electron chi connectivity index (χ3n) is 1.34. The van der Waals surface area contributed by atoms with Crippen LogP contribution in [0, 0.1) is 0 Å². The summed E-state index contributed by atoms with van der Waals surface area (Å²) in [7, 11) is 1.97. The quantitative estimate of drug-likeness (QED) is 0.569. The van der Waals surface area contributed by atoms with Crippen LogP contribution in [0.2, 0.25) is 0 Å². The van der Waals surface area contributed by atoms with Gasteiger partial charge in [-0.1, -0.05) is 25.5 Å². The molecule has 0 bridgehead atoms. The minimum absolute atomic E-state index is 0.525. The number of hydrogen-bond donors (Lipinski definition) is 1. The summed E-state index contributed by atoms with van der Waals surface area (Å²) in [6, 6.07) is 0.525. The first-order valence-electron chi connectivity index (χ1n) is 3.65. The topological polar surface area (TPSA) is 12.0 Å². The number of unbranched alkanes of at least 4 members (excludes halogenated alkanes) is 1. The lowest BCUT2D eigenvalue weighted by Gasteiger charge is -2.00. The molecule has 0 saturated carbocycles. The molecule has 0 aromatic carbocycles. The van der Waals surface area contributed by atoms with E-state index in [1.165, 1.54) is 12.8 Å². The number of rotatable bonds is 4. The minimum atomic E-state index is 0.525. The number of likely N-dealkylation sites (N-methyl/N-ethyl adjacent to an activating group) is 1. The maximum atomic E-state index is 3.14. The molecule has 9 heavy (non-hydrogen) atoms. The number of hydrogen-bond acceptors (Lipinski definition) is 1. The van der Waals surface area contributed by atoms with Gasteiger partial charge in [0.15, 0.2) is 0 Å². The monoisotopic (exact) mass is 127 g/mol. The van der Waals surface area contributed by atoms with Crippen LogP contribution in [0.4, 0.5) is 0 Å². The largest absolute Gasteiger partial charge is 0.314 e. The van der Waals surface area contributed by atoms with E-state index in [1.54, 1.807) is 0 Å². The number of allylic oxidation sites excluding steroid dienone is 1. The molecule has 0 aliphatic rings. The lowest BCUT2D eigenvalue weighted by atomic mass is 10.2. The summed E-state index contributed by atoms with van der Waals surface area (Å²) in [6.45, 7) is 4.33. The van der Waals surface area contributed by atoms with Crippen molar-refractivity contribution in [2.75, 3.05) is 7.05 Å². The van der Waals surface area contributed by atoms with Gasteiger partial charge >= 0.3 is 0 Å². The predicted octanol–water partition coefficient (Wildman–Crippen LogP) is 1.95. The maximum absolute atomic E-state index is 3.14.